The largest absolute Gasteiger partial charge is 0.479 e. The Morgan fingerprint density at radius 2 is 2.12 bits per heavy atom. The summed E-state index contributed by atoms with van der Waals surface area (Å²) in [5.41, 5.74) is 0.457. The Morgan fingerprint density at radius 3 is 2.56 bits per heavy atom. The Labute approximate surface area is 106 Å². The first-order chi connectivity index (χ1) is 7.41. The first kappa shape index (κ1) is 13.0. The number of nitrogens with one attached hydrogen (secondary N) is 1. The zero-order valence-corrected chi connectivity index (χ0v) is 10.7. The molecule has 1 aromatic rings. The van der Waals surface area contributed by atoms with Crippen LogP contribution < -0.4 is 5.32 Å². The summed E-state index contributed by atoms with van der Waals surface area (Å²) in [5.74, 6) is -1.53. The minimum absolute atomic E-state index is 0.404. The maximum absolute atomic E-state index is 11.0. The lowest BCUT2D eigenvalue weighted by Crippen LogP contribution is -2.31. The average molecular weight is 307 g/mol. The molecular formula is C10H9BrClNO3. The summed E-state index contributed by atoms with van der Waals surface area (Å²) in [5, 5.41) is 11.8. The molecule has 0 aliphatic carbocycles. The van der Waals surface area contributed by atoms with Gasteiger partial charge in [-0.3, -0.25) is 4.79 Å². The molecule has 1 unspecified atom stereocenters. The maximum atomic E-state index is 11.0. The Kier molecular flexibility index (Phi) is 4.32. The fraction of sp³-hybridized carbons (Fsp3) is 0.200. The van der Waals surface area contributed by atoms with Gasteiger partial charge in [0.25, 0.3) is 0 Å². The lowest BCUT2D eigenvalue weighted by Gasteiger charge is -2.14. The highest BCUT2D eigenvalue weighted by Crippen LogP contribution is 2.26. The van der Waals surface area contributed by atoms with E-state index in [1.54, 1.807) is 18.2 Å². The van der Waals surface area contributed by atoms with Crippen LogP contribution in [0.2, 0.25) is 5.02 Å². The number of carboxylic acids is 1. The van der Waals surface area contributed by atoms with Crippen molar-refractivity contribution in [1.29, 1.82) is 0 Å². The van der Waals surface area contributed by atoms with Gasteiger partial charge in [0.05, 0.1) is 5.02 Å². The van der Waals surface area contributed by atoms with Gasteiger partial charge in [-0.2, -0.15) is 0 Å². The van der Waals surface area contributed by atoms with Crippen LogP contribution in [0, 0.1) is 0 Å². The molecule has 0 aliphatic rings. The number of carbonyl (C=O) groups excluding carboxylic acids is 1. The number of carbonyl (C=O) groups is 2. The van der Waals surface area contributed by atoms with Gasteiger partial charge in [0.1, 0.15) is 0 Å². The molecule has 1 rings (SSSR count). The van der Waals surface area contributed by atoms with Gasteiger partial charge in [-0.1, -0.05) is 17.7 Å². The van der Waals surface area contributed by atoms with Crippen molar-refractivity contribution in [2.24, 2.45) is 0 Å². The van der Waals surface area contributed by atoms with Crippen LogP contribution in [0.15, 0.2) is 22.7 Å². The van der Waals surface area contributed by atoms with Gasteiger partial charge in [0, 0.05) is 11.4 Å². The maximum Gasteiger partial charge on any atom is 0.330 e. The monoisotopic (exact) mass is 305 g/mol. The smallest absolute Gasteiger partial charge is 0.330 e. The lowest BCUT2D eigenvalue weighted by atomic mass is 10.1. The third-order valence-corrected chi connectivity index (χ3v) is 3.09. The zero-order valence-electron chi connectivity index (χ0n) is 8.33. The van der Waals surface area contributed by atoms with Crippen LogP contribution in [0.1, 0.15) is 18.5 Å². The minimum atomic E-state index is -1.12. The van der Waals surface area contributed by atoms with Gasteiger partial charge in [-0.25, -0.2) is 4.79 Å². The van der Waals surface area contributed by atoms with Crippen molar-refractivity contribution in [3.63, 3.8) is 0 Å². The molecule has 16 heavy (non-hydrogen) atoms. The number of hydrogen-bond donors (Lipinski definition) is 2. The summed E-state index contributed by atoms with van der Waals surface area (Å²) in [4.78, 5) is 21.8. The number of amides is 1. The Hall–Kier alpha value is -1.07. The highest BCUT2D eigenvalue weighted by molar-refractivity contribution is 9.10. The lowest BCUT2D eigenvalue weighted by molar-refractivity contribution is -0.141. The van der Waals surface area contributed by atoms with E-state index in [2.05, 4.69) is 21.2 Å². The molecule has 6 heteroatoms. The number of aliphatic carboxylic acids is 1. The molecule has 1 aromatic carbocycles. The van der Waals surface area contributed by atoms with E-state index in [4.69, 9.17) is 16.7 Å². The van der Waals surface area contributed by atoms with Crippen molar-refractivity contribution in [2.75, 3.05) is 0 Å². The molecule has 1 amide bonds. The van der Waals surface area contributed by atoms with E-state index >= 15 is 0 Å². The molecule has 0 saturated heterocycles. The third-order valence-electron chi connectivity index (χ3n) is 1.87. The zero-order chi connectivity index (χ0) is 12.3. The molecule has 2 N–H and O–H groups in total. The molecule has 0 fully saturated rings. The second-order valence-corrected chi connectivity index (χ2v) is 4.41. The van der Waals surface area contributed by atoms with Gasteiger partial charge in [0.15, 0.2) is 6.04 Å². The SMILES string of the molecule is CC(=O)NC(C(=O)O)c1ccc(Cl)c(Br)c1. The van der Waals surface area contributed by atoms with Crippen molar-refractivity contribution in [3.05, 3.63) is 33.3 Å². The standard InChI is InChI=1S/C10H9BrClNO3/c1-5(14)13-9(10(15)16)6-2-3-8(12)7(11)4-6/h2-4,9H,1H3,(H,13,14)(H,15,16). The fourth-order valence-corrected chi connectivity index (χ4v) is 1.70. The molecule has 0 spiro atoms. The molecule has 0 aliphatic heterocycles. The van der Waals surface area contributed by atoms with Crippen LogP contribution in [-0.4, -0.2) is 17.0 Å². The van der Waals surface area contributed by atoms with Crippen molar-refractivity contribution >= 4 is 39.4 Å². The topological polar surface area (TPSA) is 66.4 Å². The molecule has 0 saturated carbocycles. The van der Waals surface area contributed by atoms with Crippen LogP contribution in [-0.2, 0) is 9.59 Å². The van der Waals surface area contributed by atoms with Gasteiger partial charge in [-0.05, 0) is 33.6 Å². The van der Waals surface area contributed by atoms with Crippen LogP contribution >= 0.6 is 27.5 Å². The highest BCUT2D eigenvalue weighted by atomic mass is 79.9. The molecule has 0 radical (unpaired) electrons. The average Bonchev–Trinajstić information content (AvgIpc) is 2.18. The predicted octanol–water partition coefficient (Wildman–Crippen LogP) is 2.36. The second-order valence-electron chi connectivity index (χ2n) is 3.15. The Bertz CT molecular complexity index is 436. The van der Waals surface area contributed by atoms with Crippen LogP contribution in [0.5, 0.6) is 0 Å². The summed E-state index contributed by atoms with van der Waals surface area (Å²) in [6, 6.07) is 3.63. The molecule has 1 atom stereocenters. The van der Waals surface area contributed by atoms with Crippen molar-refractivity contribution in [1.82, 2.24) is 5.32 Å². The van der Waals surface area contributed by atoms with Crippen LogP contribution in [0.3, 0.4) is 0 Å². The first-order valence-corrected chi connectivity index (χ1v) is 5.53. The minimum Gasteiger partial charge on any atom is -0.479 e. The quantitative estimate of drug-likeness (QED) is 0.901. The summed E-state index contributed by atoms with van der Waals surface area (Å²) < 4.78 is 0.586. The number of hydrogen-bond acceptors (Lipinski definition) is 2. The van der Waals surface area contributed by atoms with Crippen molar-refractivity contribution < 1.29 is 14.7 Å². The highest BCUT2D eigenvalue weighted by Gasteiger charge is 2.21. The number of carboxylic acid groups (broad SMARTS) is 1. The second kappa shape index (κ2) is 5.32. The fourth-order valence-electron chi connectivity index (χ4n) is 1.18. The van der Waals surface area contributed by atoms with Gasteiger partial charge in [-0.15, -0.1) is 0 Å². The van der Waals surface area contributed by atoms with E-state index in [0.717, 1.165) is 0 Å². The van der Waals surface area contributed by atoms with Gasteiger partial charge in [0.2, 0.25) is 5.91 Å². The molecular weight excluding hydrogens is 297 g/mol. The third kappa shape index (κ3) is 3.21. The van der Waals surface area contributed by atoms with Crippen molar-refractivity contribution in [3.8, 4) is 0 Å². The van der Waals surface area contributed by atoms with Crippen LogP contribution in [0.25, 0.3) is 0 Å². The summed E-state index contributed by atoms with van der Waals surface area (Å²) in [6.45, 7) is 1.26. The molecule has 86 valence electrons. The predicted molar refractivity (Wildman–Crippen MR) is 63.3 cm³/mol. The molecule has 0 bridgehead atoms. The Morgan fingerprint density at radius 1 is 1.50 bits per heavy atom. The van der Waals surface area contributed by atoms with Gasteiger partial charge >= 0.3 is 5.97 Å². The normalized spacial score (nSPS) is 11.9. The number of halogens is 2. The van der Waals surface area contributed by atoms with E-state index in [1.807, 2.05) is 0 Å². The van der Waals surface area contributed by atoms with Gasteiger partial charge < -0.3 is 10.4 Å². The molecule has 0 aromatic heterocycles. The van der Waals surface area contributed by atoms with E-state index in [-0.39, 0.29) is 0 Å². The van der Waals surface area contributed by atoms with E-state index in [1.165, 1.54) is 6.92 Å². The molecule has 4 nitrogen and oxygen atoms in total. The van der Waals surface area contributed by atoms with E-state index in [0.29, 0.717) is 15.1 Å². The van der Waals surface area contributed by atoms with Crippen molar-refractivity contribution in [2.45, 2.75) is 13.0 Å². The number of benzene rings is 1. The van der Waals surface area contributed by atoms with E-state index < -0.39 is 17.9 Å². The Balaban J connectivity index is 3.06. The number of rotatable bonds is 3. The summed E-state index contributed by atoms with van der Waals surface area (Å²) in [7, 11) is 0. The van der Waals surface area contributed by atoms with Crippen LogP contribution in [0.4, 0.5) is 0 Å². The summed E-state index contributed by atoms with van der Waals surface area (Å²) in [6.07, 6.45) is 0. The summed E-state index contributed by atoms with van der Waals surface area (Å²) >= 11 is 8.98. The first-order valence-electron chi connectivity index (χ1n) is 4.36. The molecule has 0 heterocycles. The van der Waals surface area contributed by atoms with E-state index in [9.17, 15) is 9.59 Å².